The Morgan fingerprint density at radius 2 is 2.08 bits per heavy atom. The molecular weight excluding hydrogens is 349 g/mol. The Balaban J connectivity index is 0.00000182. The van der Waals surface area contributed by atoms with Crippen LogP contribution in [-0.2, 0) is 6.54 Å². The number of aromatic nitrogens is 4. The monoisotopic (exact) mass is 367 g/mol. The molecule has 7 nitrogen and oxygen atoms in total. The Morgan fingerprint density at radius 3 is 2.80 bits per heavy atom. The number of aryl methyl sites for hydroxylation is 1. The second kappa shape index (κ2) is 6.97. The van der Waals surface area contributed by atoms with Crippen LogP contribution in [0.5, 0.6) is 0 Å². The minimum absolute atomic E-state index is 0. The maximum Gasteiger partial charge on any atom is 0.336 e. The van der Waals surface area contributed by atoms with Gasteiger partial charge in [0.25, 0.3) is 5.95 Å². The predicted molar refractivity (Wildman–Crippen MR) is 93.1 cm³/mol. The summed E-state index contributed by atoms with van der Waals surface area (Å²) in [5.41, 5.74) is 0.799. The number of nitrogens with zero attached hydrogens (tertiary/aromatic N) is 4. The van der Waals surface area contributed by atoms with Crippen LogP contribution >= 0.6 is 12.4 Å². The molecular formula is C16H19ClFN5O2. The van der Waals surface area contributed by atoms with Crippen molar-refractivity contribution in [2.75, 3.05) is 13.1 Å². The molecule has 3 heterocycles. The minimum atomic E-state index is -0.411. The summed E-state index contributed by atoms with van der Waals surface area (Å²) in [6.45, 7) is 4.16. The smallest absolute Gasteiger partial charge is 0.336 e. The van der Waals surface area contributed by atoms with E-state index in [2.05, 4.69) is 15.5 Å². The third-order valence-electron chi connectivity index (χ3n) is 4.53. The zero-order chi connectivity index (χ0) is 16.7. The number of imidazole rings is 1. The molecule has 9 heteroatoms. The molecule has 1 fully saturated rings. The predicted octanol–water partition coefficient (Wildman–Crippen LogP) is 2.22. The summed E-state index contributed by atoms with van der Waals surface area (Å²) in [5, 5.41) is 7.25. The molecule has 4 rings (SSSR count). The van der Waals surface area contributed by atoms with Gasteiger partial charge in [-0.15, -0.1) is 12.4 Å². The maximum atomic E-state index is 13.7. The third kappa shape index (κ3) is 2.96. The highest BCUT2D eigenvalue weighted by molar-refractivity contribution is 5.85. The summed E-state index contributed by atoms with van der Waals surface area (Å²) in [6, 6.07) is 4.26. The van der Waals surface area contributed by atoms with Crippen LogP contribution in [0.3, 0.4) is 0 Å². The molecule has 0 saturated carbocycles. The second-order valence-corrected chi connectivity index (χ2v) is 5.95. The van der Waals surface area contributed by atoms with Crippen LogP contribution in [0.2, 0.25) is 0 Å². The highest BCUT2D eigenvalue weighted by atomic mass is 35.5. The van der Waals surface area contributed by atoms with Gasteiger partial charge in [0.15, 0.2) is 0 Å². The van der Waals surface area contributed by atoms with Crippen LogP contribution in [0.1, 0.15) is 31.6 Å². The van der Waals surface area contributed by atoms with Gasteiger partial charge in [0.1, 0.15) is 5.82 Å². The van der Waals surface area contributed by atoms with Crippen molar-refractivity contribution in [2.24, 2.45) is 0 Å². The van der Waals surface area contributed by atoms with E-state index >= 15 is 0 Å². The van der Waals surface area contributed by atoms with Crippen molar-refractivity contribution in [1.82, 2.24) is 24.6 Å². The van der Waals surface area contributed by atoms with Gasteiger partial charge in [-0.05, 0) is 50.1 Å². The molecule has 2 aromatic heterocycles. The summed E-state index contributed by atoms with van der Waals surface area (Å²) in [7, 11) is 0. The van der Waals surface area contributed by atoms with Crippen molar-refractivity contribution in [3.05, 3.63) is 40.4 Å². The van der Waals surface area contributed by atoms with Gasteiger partial charge in [-0.25, -0.2) is 13.8 Å². The molecule has 25 heavy (non-hydrogen) atoms. The third-order valence-corrected chi connectivity index (χ3v) is 4.53. The first-order valence-electron chi connectivity index (χ1n) is 8.14. The van der Waals surface area contributed by atoms with Gasteiger partial charge in [-0.1, -0.05) is 0 Å². The van der Waals surface area contributed by atoms with E-state index in [4.69, 9.17) is 4.52 Å². The highest BCUT2D eigenvalue weighted by Crippen LogP contribution is 2.25. The SMILES string of the molecule is CCn1c(=O)n(-c2noc(C3CCNCC3)n2)c2cc(F)ccc21.Cl. The molecule has 1 aromatic carbocycles. The van der Waals surface area contributed by atoms with E-state index < -0.39 is 5.82 Å². The largest absolute Gasteiger partial charge is 0.337 e. The molecule has 1 aliphatic rings. The van der Waals surface area contributed by atoms with Crippen molar-refractivity contribution in [3.8, 4) is 5.95 Å². The fourth-order valence-electron chi connectivity index (χ4n) is 3.28. The molecule has 0 amide bonds. The molecule has 1 aliphatic heterocycles. The summed E-state index contributed by atoms with van der Waals surface area (Å²) in [6.07, 6.45) is 1.84. The van der Waals surface area contributed by atoms with Crippen molar-refractivity contribution < 1.29 is 8.91 Å². The molecule has 0 spiro atoms. The maximum absolute atomic E-state index is 13.7. The van der Waals surface area contributed by atoms with E-state index in [1.54, 1.807) is 10.6 Å². The number of rotatable bonds is 3. The Labute approximate surface area is 149 Å². The number of hydrogen-bond donors (Lipinski definition) is 1. The van der Waals surface area contributed by atoms with Crippen molar-refractivity contribution in [3.63, 3.8) is 0 Å². The number of benzene rings is 1. The lowest BCUT2D eigenvalue weighted by atomic mass is 9.98. The van der Waals surface area contributed by atoms with Crippen LogP contribution in [0.15, 0.2) is 27.5 Å². The van der Waals surface area contributed by atoms with Gasteiger partial charge in [-0.3, -0.25) is 4.57 Å². The lowest BCUT2D eigenvalue weighted by Crippen LogP contribution is -2.27. The van der Waals surface area contributed by atoms with E-state index in [-0.39, 0.29) is 30.0 Å². The Bertz CT molecular complexity index is 942. The molecule has 3 aromatic rings. The van der Waals surface area contributed by atoms with Crippen LogP contribution in [0.4, 0.5) is 4.39 Å². The highest BCUT2D eigenvalue weighted by Gasteiger charge is 2.24. The summed E-state index contributed by atoms with van der Waals surface area (Å²) in [4.78, 5) is 17.1. The Hall–Kier alpha value is -2.19. The zero-order valence-corrected chi connectivity index (χ0v) is 14.6. The molecule has 0 atom stereocenters. The molecule has 0 bridgehead atoms. The van der Waals surface area contributed by atoms with Crippen molar-refractivity contribution in [1.29, 1.82) is 0 Å². The lowest BCUT2D eigenvalue weighted by Gasteiger charge is -2.18. The quantitative estimate of drug-likeness (QED) is 0.768. The van der Waals surface area contributed by atoms with Crippen LogP contribution in [-0.4, -0.2) is 32.4 Å². The van der Waals surface area contributed by atoms with E-state index in [9.17, 15) is 9.18 Å². The standard InChI is InChI=1S/C16H18FN5O2.ClH/c1-2-21-12-4-3-11(17)9-13(12)22(16(21)23)15-19-14(24-20-15)10-5-7-18-8-6-10;/h3-4,9-10,18H,2,5-8H2,1H3;1H. The number of hydrogen-bond acceptors (Lipinski definition) is 5. The molecule has 1 saturated heterocycles. The average molecular weight is 368 g/mol. The fourth-order valence-corrected chi connectivity index (χ4v) is 3.28. The lowest BCUT2D eigenvalue weighted by molar-refractivity contribution is 0.319. The number of halogens is 2. The van der Waals surface area contributed by atoms with Crippen LogP contribution in [0, 0.1) is 5.82 Å². The van der Waals surface area contributed by atoms with Crippen molar-refractivity contribution >= 4 is 23.4 Å². The Morgan fingerprint density at radius 1 is 1.32 bits per heavy atom. The molecule has 134 valence electrons. The van der Waals surface area contributed by atoms with Crippen molar-refractivity contribution in [2.45, 2.75) is 32.2 Å². The van der Waals surface area contributed by atoms with Crippen LogP contribution in [0.25, 0.3) is 17.0 Å². The number of piperidine rings is 1. The first-order chi connectivity index (χ1) is 11.7. The number of fused-ring (bicyclic) bond motifs is 1. The van der Waals surface area contributed by atoms with Gasteiger partial charge in [-0.2, -0.15) is 4.98 Å². The normalized spacial score (nSPS) is 15.4. The number of nitrogens with one attached hydrogen (secondary N) is 1. The topological polar surface area (TPSA) is 77.9 Å². The average Bonchev–Trinajstić information content (AvgIpc) is 3.17. The second-order valence-electron chi connectivity index (χ2n) is 5.95. The van der Waals surface area contributed by atoms with E-state index in [1.807, 2.05) is 6.92 Å². The summed E-state index contributed by atoms with van der Waals surface area (Å²) >= 11 is 0. The first-order valence-corrected chi connectivity index (χ1v) is 8.14. The van der Waals surface area contributed by atoms with Crippen LogP contribution < -0.4 is 11.0 Å². The summed E-state index contributed by atoms with van der Waals surface area (Å²) in [5.74, 6) is 0.481. The zero-order valence-electron chi connectivity index (χ0n) is 13.7. The first kappa shape index (κ1) is 17.6. The van der Waals surface area contributed by atoms with E-state index in [0.29, 0.717) is 23.5 Å². The minimum Gasteiger partial charge on any atom is -0.337 e. The molecule has 1 N–H and O–H groups in total. The molecule has 0 aliphatic carbocycles. The van der Waals surface area contributed by atoms with Gasteiger partial charge in [0.2, 0.25) is 5.89 Å². The Kier molecular flexibility index (Phi) is 4.91. The summed E-state index contributed by atoms with van der Waals surface area (Å²) < 4.78 is 21.9. The van der Waals surface area contributed by atoms with Gasteiger partial charge >= 0.3 is 5.69 Å². The van der Waals surface area contributed by atoms with Gasteiger partial charge < -0.3 is 9.84 Å². The van der Waals surface area contributed by atoms with Gasteiger partial charge in [0, 0.05) is 18.5 Å². The van der Waals surface area contributed by atoms with E-state index in [0.717, 1.165) is 25.9 Å². The van der Waals surface area contributed by atoms with Gasteiger partial charge in [0.05, 0.1) is 11.0 Å². The molecule has 0 radical (unpaired) electrons. The van der Waals surface area contributed by atoms with E-state index in [1.165, 1.54) is 16.7 Å². The fraction of sp³-hybridized carbons (Fsp3) is 0.438. The molecule has 0 unspecified atom stereocenters.